The molecule has 0 bridgehead atoms. The van der Waals surface area contributed by atoms with Gasteiger partial charge in [-0.05, 0) is 0 Å². The minimum atomic E-state index is -2.26. The van der Waals surface area contributed by atoms with E-state index in [0.29, 0.717) is 3.98 Å². The van der Waals surface area contributed by atoms with Crippen molar-refractivity contribution in [1.29, 1.82) is 0 Å². The van der Waals surface area contributed by atoms with Crippen LogP contribution in [0.5, 0.6) is 0 Å². The molecule has 4 heteroatoms. The molecule has 0 aromatic heterocycles. The summed E-state index contributed by atoms with van der Waals surface area (Å²) in [6.07, 6.45) is 0. The van der Waals surface area contributed by atoms with Crippen molar-refractivity contribution in [3.05, 3.63) is 7.05 Å². The third-order valence-electron chi connectivity index (χ3n) is 0.211. The number of nitrogens with zero attached hydrogens (tertiary/aromatic N) is 1. The minimum absolute atomic E-state index is 0.583. The highest BCUT2D eigenvalue weighted by Gasteiger charge is 1.92. The first kappa shape index (κ1) is 5.65. The number of rotatable bonds is 1. The summed E-state index contributed by atoms with van der Waals surface area (Å²) in [4.78, 5) is 0. The van der Waals surface area contributed by atoms with Crippen LogP contribution in [0.25, 0.3) is 0 Å². The Balaban J connectivity index is 3.57. The monoisotopic (exact) mass is 106 g/mol. The Morgan fingerprint density at radius 3 is 2.00 bits per heavy atom. The first-order valence-corrected chi connectivity index (χ1v) is 2.18. The second-order valence-corrected chi connectivity index (χ2v) is 1.65. The maximum atomic E-state index is 9.50. The van der Waals surface area contributed by atoms with Gasteiger partial charge in [0.15, 0.2) is 0 Å². The van der Waals surface area contributed by atoms with Crippen molar-refractivity contribution in [2.75, 3.05) is 0 Å². The molecule has 1 unspecified atom stereocenters. The van der Waals surface area contributed by atoms with E-state index in [1.807, 2.05) is 0 Å². The third kappa shape index (κ3) is 1.92. The Morgan fingerprint density at radius 1 is 1.83 bits per heavy atom. The zero-order chi connectivity index (χ0) is 5.15. The highest BCUT2D eigenvalue weighted by Crippen LogP contribution is 1.68. The molecular formula is C2H4NO2S. The van der Waals surface area contributed by atoms with Gasteiger partial charge < -0.3 is 0 Å². The van der Waals surface area contributed by atoms with Crippen molar-refractivity contribution < 1.29 is 12.7 Å². The average molecular weight is 106 g/mol. The Labute approximate surface area is 38.7 Å². The lowest BCUT2D eigenvalue weighted by Crippen LogP contribution is -1.99. The molecule has 0 aromatic rings. The van der Waals surface area contributed by atoms with Gasteiger partial charge in [0.05, 0.1) is 0 Å². The lowest BCUT2D eigenvalue weighted by atomic mass is 11.4. The van der Waals surface area contributed by atoms with Crippen molar-refractivity contribution in [3.8, 4) is 0 Å². The summed E-state index contributed by atoms with van der Waals surface area (Å²) in [5, 5.41) is 0. The van der Waals surface area contributed by atoms with Crippen LogP contribution in [0.1, 0.15) is 0 Å². The fraction of sp³-hybridized carbons (Fsp3) is 0. The van der Waals surface area contributed by atoms with E-state index in [2.05, 4.69) is 13.8 Å². The van der Waals surface area contributed by atoms with E-state index in [1.165, 1.54) is 0 Å². The summed E-state index contributed by atoms with van der Waals surface area (Å²) in [7, 11) is 2.95. The van der Waals surface area contributed by atoms with Gasteiger partial charge in [-0.25, -0.2) is 0 Å². The molecule has 0 spiro atoms. The Hall–Kier alpha value is -0.350. The quantitative estimate of drug-likeness (QED) is 0.252. The van der Waals surface area contributed by atoms with Crippen molar-refractivity contribution in [2.45, 2.75) is 0 Å². The van der Waals surface area contributed by atoms with Gasteiger partial charge in [-0.15, -0.1) is 0 Å². The van der Waals surface area contributed by atoms with Crippen molar-refractivity contribution >= 4 is 18.0 Å². The molecule has 0 saturated carbocycles. The SMILES string of the molecule is C=[N+]([CH2-])S([O])=O. The maximum absolute atomic E-state index is 9.50. The molecule has 0 aliphatic rings. The van der Waals surface area contributed by atoms with E-state index >= 15 is 0 Å². The smallest absolute Gasteiger partial charge is 0.254 e. The van der Waals surface area contributed by atoms with Crippen LogP contribution >= 0.6 is 0 Å². The van der Waals surface area contributed by atoms with E-state index in [1.54, 1.807) is 0 Å². The van der Waals surface area contributed by atoms with E-state index in [4.69, 9.17) is 0 Å². The molecule has 1 atom stereocenters. The summed E-state index contributed by atoms with van der Waals surface area (Å²) in [5.74, 6) is 0. The molecular weight excluding hydrogens is 102 g/mol. The molecule has 0 aromatic carbocycles. The summed E-state index contributed by atoms with van der Waals surface area (Å²) in [6, 6.07) is 0. The van der Waals surface area contributed by atoms with Crippen molar-refractivity contribution in [2.24, 2.45) is 0 Å². The van der Waals surface area contributed by atoms with Gasteiger partial charge in [-0.2, -0.15) is 4.21 Å². The number of hydrogen-bond donors (Lipinski definition) is 0. The maximum Gasteiger partial charge on any atom is 0.441 e. The molecule has 0 rings (SSSR count). The van der Waals surface area contributed by atoms with Crippen LogP contribution in [-0.2, 0) is 15.8 Å². The van der Waals surface area contributed by atoms with Gasteiger partial charge in [0.1, 0.15) is 0 Å². The summed E-state index contributed by atoms with van der Waals surface area (Å²) < 4.78 is 19.6. The van der Waals surface area contributed by atoms with Crippen molar-refractivity contribution in [3.63, 3.8) is 0 Å². The van der Waals surface area contributed by atoms with E-state index in [0.717, 1.165) is 0 Å². The molecule has 0 aliphatic heterocycles. The van der Waals surface area contributed by atoms with Gasteiger partial charge in [-0.1, -0.05) is 4.55 Å². The number of hydrogen-bond acceptors (Lipinski definition) is 1. The van der Waals surface area contributed by atoms with Crippen LogP contribution in [-0.4, -0.2) is 14.9 Å². The zero-order valence-corrected chi connectivity index (χ0v) is 3.90. The highest BCUT2D eigenvalue weighted by atomic mass is 32.2. The predicted molar refractivity (Wildman–Crippen MR) is 21.6 cm³/mol. The van der Waals surface area contributed by atoms with Gasteiger partial charge in [-0.3, -0.25) is 3.98 Å². The first-order valence-electron chi connectivity index (χ1n) is 1.15. The standard InChI is InChI=1S/C2H4NO2S/c1-3(2)6(4)5/h1-2H2. The molecule has 35 valence electrons. The average Bonchev–Trinajstić information content (AvgIpc) is 1.36. The van der Waals surface area contributed by atoms with Crippen molar-refractivity contribution in [1.82, 2.24) is 0 Å². The van der Waals surface area contributed by atoms with Crippen LogP contribution in [0.2, 0.25) is 0 Å². The fourth-order valence-electron chi connectivity index (χ4n) is 0. The van der Waals surface area contributed by atoms with E-state index in [-0.39, 0.29) is 0 Å². The lowest BCUT2D eigenvalue weighted by Gasteiger charge is -1.81. The summed E-state index contributed by atoms with van der Waals surface area (Å²) in [6.45, 7) is 2.95. The lowest BCUT2D eigenvalue weighted by molar-refractivity contribution is -0.280. The largest absolute Gasteiger partial charge is 0.441 e. The normalized spacial score (nSPS) is 13.5. The van der Waals surface area contributed by atoms with Gasteiger partial charge >= 0.3 is 11.3 Å². The zero-order valence-electron chi connectivity index (χ0n) is 3.09. The highest BCUT2D eigenvalue weighted by molar-refractivity contribution is 7.72. The summed E-state index contributed by atoms with van der Waals surface area (Å²) in [5.41, 5.74) is 0. The van der Waals surface area contributed by atoms with Gasteiger partial charge in [0.2, 0.25) is 0 Å². The Kier molecular flexibility index (Phi) is 1.83. The molecule has 0 N–H and O–H groups in total. The molecule has 3 nitrogen and oxygen atoms in total. The second-order valence-electron chi connectivity index (χ2n) is 0.699. The van der Waals surface area contributed by atoms with E-state index < -0.39 is 11.3 Å². The first-order chi connectivity index (χ1) is 2.64. The van der Waals surface area contributed by atoms with Crippen LogP contribution < -0.4 is 0 Å². The second kappa shape index (κ2) is 1.94. The van der Waals surface area contributed by atoms with Crippen LogP contribution in [0.4, 0.5) is 0 Å². The molecule has 0 heterocycles. The van der Waals surface area contributed by atoms with Crippen LogP contribution in [0, 0.1) is 7.05 Å². The van der Waals surface area contributed by atoms with Crippen LogP contribution in [0.3, 0.4) is 0 Å². The topological polar surface area (TPSA) is 40.0 Å². The molecule has 0 amide bonds. The minimum Gasteiger partial charge on any atom is -0.254 e. The fourth-order valence-corrected chi connectivity index (χ4v) is 0. The predicted octanol–water partition coefficient (Wildman–Crippen LogP) is -0.500. The van der Waals surface area contributed by atoms with Gasteiger partial charge in [0, 0.05) is 13.8 Å². The molecule has 0 saturated heterocycles. The molecule has 0 fully saturated rings. The Bertz CT molecular complexity index is 77.5. The summed E-state index contributed by atoms with van der Waals surface area (Å²) >= 11 is -2.26. The third-order valence-corrected chi connectivity index (χ3v) is 0.632. The van der Waals surface area contributed by atoms with Gasteiger partial charge in [0.25, 0.3) is 0 Å². The molecule has 0 aliphatic carbocycles. The molecule has 1 radical (unpaired) electrons. The van der Waals surface area contributed by atoms with Crippen LogP contribution in [0.15, 0.2) is 0 Å². The molecule has 6 heavy (non-hydrogen) atoms. The Morgan fingerprint density at radius 2 is 2.00 bits per heavy atom. The van der Waals surface area contributed by atoms with E-state index in [9.17, 15) is 8.76 Å².